The van der Waals surface area contributed by atoms with E-state index in [4.69, 9.17) is 0 Å². The maximum Gasteiger partial charge on any atom is 0.246 e. The molecule has 0 spiro atoms. The third-order valence-electron chi connectivity index (χ3n) is 4.01. The number of amides is 1. The highest BCUT2D eigenvalue weighted by molar-refractivity contribution is 5.88. The Labute approximate surface area is 129 Å². The zero-order valence-electron chi connectivity index (χ0n) is 14.2. The molecule has 5 nitrogen and oxygen atoms in total. The summed E-state index contributed by atoms with van der Waals surface area (Å²) in [4.78, 5) is 18.4. The van der Waals surface area contributed by atoms with E-state index in [9.17, 15) is 9.90 Å². The number of carbonyl (C=O) groups is 1. The summed E-state index contributed by atoms with van der Waals surface area (Å²) in [5.41, 5.74) is 1.02. The maximum atomic E-state index is 12.1. The van der Waals surface area contributed by atoms with Crippen LogP contribution in [0, 0.1) is 11.8 Å². The van der Waals surface area contributed by atoms with Crippen LogP contribution in [0.2, 0.25) is 0 Å². The lowest BCUT2D eigenvalue weighted by Gasteiger charge is -2.25. The van der Waals surface area contributed by atoms with E-state index in [1.54, 1.807) is 6.08 Å². The van der Waals surface area contributed by atoms with Crippen molar-refractivity contribution in [1.82, 2.24) is 14.7 Å². The Kier molecular flexibility index (Phi) is 7.35. The van der Waals surface area contributed by atoms with Gasteiger partial charge in [-0.1, -0.05) is 5.57 Å². The van der Waals surface area contributed by atoms with Crippen LogP contribution in [-0.4, -0.2) is 86.2 Å². The Bertz CT molecular complexity index is 365. The van der Waals surface area contributed by atoms with E-state index in [1.165, 1.54) is 0 Å². The Hall–Kier alpha value is -0.910. The zero-order chi connectivity index (χ0) is 16.0. The Morgan fingerprint density at radius 2 is 1.81 bits per heavy atom. The minimum absolute atomic E-state index is 0.0758. The van der Waals surface area contributed by atoms with E-state index in [1.807, 2.05) is 18.7 Å². The van der Waals surface area contributed by atoms with Crippen molar-refractivity contribution in [2.45, 2.75) is 13.8 Å². The molecule has 1 saturated heterocycles. The minimum atomic E-state index is 0.0758. The van der Waals surface area contributed by atoms with Gasteiger partial charge in [0, 0.05) is 51.3 Å². The highest BCUT2D eigenvalue weighted by atomic mass is 16.3. The SMILES string of the molecule is CC(C)=CC(=O)N1C[C@@H](CN(C)CCN(C)C)[C@@H](CO)C1. The van der Waals surface area contributed by atoms with Gasteiger partial charge in [-0.05, 0) is 40.9 Å². The fourth-order valence-electron chi connectivity index (χ4n) is 2.73. The highest BCUT2D eigenvalue weighted by Gasteiger charge is 2.34. The van der Waals surface area contributed by atoms with Crippen LogP contribution in [0.4, 0.5) is 0 Å². The molecule has 0 saturated carbocycles. The molecule has 1 aliphatic heterocycles. The van der Waals surface area contributed by atoms with E-state index in [0.717, 1.165) is 31.8 Å². The molecule has 1 N–H and O–H groups in total. The quantitative estimate of drug-likeness (QED) is 0.696. The summed E-state index contributed by atoms with van der Waals surface area (Å²) in [6.07, 6.45) is 1.69. The molecule has 0 aliphatic carbocycles. The van der Waals surface area contributed by atoms with Crippen LogP contribution in [0.5, 0.6) is 0 Å². The molecule has 0 aromatic carbocycles. The van der Waals surface area contributed by atoms with Gasteiger partial charge < -0.3 is 19.8 Å². The molecule has 0 unspecified atom stereocenters. The normalized spacial score (nSPS) is 22.2. The number of likely N-dealkylation sites (tertiary alicyclic amines) is 1. The number of hydrogen-bond donors (Lipinski definition) is 1. The van der Waals surface area contributed by atoms with Gasteiger partial charge in [-0.25, -0.2) is 0 Å². The van der Waals surface area contributed by atoms with Crippen molar-refractivity contribution in [2.24, 2.45) is 11.8 Å². The molecule has 122 valence electrons. The average molecular weight is 297 g/mol. The van der Waals surface area contributed by atoms with E-state index in [2.05, 4.69) is 30.9 Å². The summed E-state index contributed by atoms with van der Waals surface area (Å²) in [6, 6.07) is 0. The molecule has 1 aliphatic rings. The summed E-state index contributed by atoms with van der Waals surface area (Å²) >= 11 is 0. The van der Waals surface area contributed by atoms with Crippen molar-refractivity contribution in [2.75, 3.05) is 60.5 Å². The van der Waals surface area contributed by atoms with E-state index in [-0.39, 0.29) is 18.4 Å². The molecular formula is C16H31N3O2. The first-order valence-electron chi connectivity index (χ1n) is 7.71. The van der Waals surface area contributed by atoms with Gasteiger partial charge >= 0.3 is 0 Å². The van der Waals surface area contributed by atoms with Crippen LogP contribution in [0.25, 0.3) is 0 Å². The Balaban J connectivity index is 2.54. The number of allylic oxidation sites excluding steroid dienone is 1. The predicted molar refractivity (Wildman–Crippen MR) is 86.1 cm³/mol. The fraction of sp³-hybridized carbons (Fsp3) is 0.812. The van der Waals surface area contributed by atoms with Gasteiger partial charge in [0.2, 0.25) is 5.91 Å². The lowest BCUT2D eigenvalue weighted by atomic mass is 9.96. The Morgan fingerprint density at radius 3 is 2.33 bits per heavy atom. The van der Waals surface area contributed by atoms with Crippen LogP contribution in [-0.2, 0) is 4.79 Å². The van der Waals surface area contributed by atoms with Crippen LogP contribution >= 0.6 is 0 Å². The first-order valence-corrected chi connectivity index (χ1v) is 7.71. The van der Waals surface area contributed by atoms with Crippen LogP contribution in [0.3, 0.4) is 0 Å². The topological polar surface area (TPSA) is 47.0 Å². The molecule has 1 rings (SSSR count). The fourth-order valence-corrected chi connectivity index (χ4v) is 2.73. The van der Waals surface area contributed by atoms with Crippen LogP contribution < -0.4 is 0 Å². The highest BCUT2D eigenvalue weighted by Crippen LogP contribution is 2.24. The number of likely N-dealkylation sites (N-methyl/N-ethyl adjacent to an activating group) is 2. The van der Waals surface area contributed by atoms with Crippen molar-refractivity contribution >= 4 is 5.91 Å². The summed E-state index contributed by atoms with van der Waals surface area (Å²) in [6.45, 7) is 8.40. The Morgan fingerprint density at radius 1 is 1.19 bits per heavy atom. The molecule has 0 aromatic heterocycles. The number of carbonyl (C=O) groups excluding carboxylic acids is 1. The summed E-state index contributed by atoms with van der Waals surface area (Å²) in [7, 11) is 6.25. The maximum absolute atomic E-state index is 12.1. The molecule has 1 amide bonds. The largest absolute Gasteiger partial charge is 0.396 e. The average Bonchev–Trinajstić information content (AvgIpc) is 2.78. The predicted octanol–water partition coefficient (Wildman–Crippen LogP) is 0.513. The third-order valence-corrected chi connectivity index (χ3v) is 4.01. The second-order valence-corrected chi connectivity index (χ2v) is 6.73. The van der Waals surface area contributed by atoms with Crippen LogP contribution in [0.1, 0.15) is 13.8 Å². The minimum Gasteiger partial charge on any atom is -0.396 e. The van der Waals surface area contributed by atoms with Crippen molar-refractivity contribution in [3.05, 3.63) is 11.6 Å². The van der Waals surface area contributed by atoms with Gasteiger partial charge in [0.15, 0.2) is 0 Å². The third kappa shape index (κ3) is 6.16. The van der Waals surface area contributed by atoms with E-state index < -0.39 is 0 Å². The summed E-state index contributed by atoms with van der Waals surface area (Å²) < 4.78 is 0. The number of nitrogens with zero attached hydrogens (tertiary/aromatic N) is 3. The molecule has 1 heterocycles. The first-order chi connectivity index (χ1) is 9.83. The van der Waals surface area contributed by atoms with Crippen molar-refractivity contribution < 1.29 is 9.90 Å². The van der Waals surface area contributed by atoms with Gasteiger partial charge in [-0.2, -0.15) is 0 Å². The molecule has 0 radical (unpaired) electrons. The lowest BCUT2D eigenvalue weighted by molar-refractivity contribution is -0.125. The number of aliphatic hydroxyl groups is 1. The number of rotatable bonds is 7. The lowest BCUT2D eigenvalue weighted by Crippen LogP contribution is -2.35. The zero-order valence-corrected chi connectivity index (χ0v) is 14.2. The molecule has 5 heteroatoms. The summed E-state index contributed by atoms with van der Waals surface area (Å²) in [5, 5.41) is 9.57. The van der Waals surface area contributed by atoms with Crippen molar-refractivity contribution in [1.29, 1.82) is 0 Å². The van der Waals surface area contributed by atoms with Gasteiger partial charge in [-0.3, -0.25) is 4.79 Å². The second-order valence-electron chi connectivity index (χ2n) is 6.73. The first kappa shape index (κ1) is 18.1. The van der Waals surface area contributed by atoms with Gasteiger partial charge in [-0.15, -0.1) is 0 Å². The van der Waals surface area contributed by atoms with Gasteiger partial charge in [0.1, 0.15) is 0 Å². The van der Waals surface area contributed by atoms with Gasteiger partial charge in [0.05, 0.1) is 0 Å². The molecule has 1 fully saturated rings. The molecule has 0 bridgehead atoms. The molecular weight excluding hydrogens is 266 g/mol. The van der Waals surface area contributed by atoms with Crippen molar-refractivity contribution in [3.8, 4) is 0 Å². The van der Waals surface area contributed by atoms with Gasteiger partial charge in [0.25, 0.3) is 0 Å². The van der Waals surface area contributed by atoms with Crippen LogP contribution in [0.15, 0.2) is 11.6 Å². The molecule has 0 aromatic rings. The van der Waals surface area contributed by atoms with Crippen molar-refractivity contribution in [3.63, 3.8) is 0 Å². The van der Waals surface area contributed by atoms with E-state index >= 15 is 0 Å². The second kappa shape index (κ2) is 8.51. The summed E-state index contributed by atoms with van der Waals surface area (Å²) in [5.74, 6) is 0.630. The standard InChI is InChI=1S/C16H31N3O2/c1-13(2)8-16(21)19-10-14(15(11-19)12-20)9-18(5)7-6-17(3)4/h8,14-15,20H,6-7,9-12H2,1-5H3/t14-,15-/m1/s1. The van der Waals surface area contributed by atoms with E-state index in [0.29, 0.717) is 12.5 Å². The number of aliphatic hydroxyl groups excluding tert-OH is 1. The smallest absolute Gasteiger partial charge is 0.246 e. The molecule has 2 atom stereocenters. The monoisotopic (exact) mass is 297 g/mol. The number of hydrogen-bond acceptors (Lipinski definition) is 4. The molecule has 21 heavy (non-hydrogen) atoms.